The highest BCUT2D eigenvalue weighted by Gasteiger charge is 2.21. The fourth-order valence-corrected chi connectivity index (χ4v) is 3.08. The monoisotopic (exact) mass is 406 g/mol. The van der Waals surface area contributed by atoms with E-state index in [1.54, 1.807) is 18.2 Å². The summed E-state index contributed by atoms with van der Waals surface area (Å²) >= 11 is 0. The molecule has 0 fully saturated rings. The average Bonchev–Trinajstić information content (AvgIpc) is 2.72. The first-order valence-electron chi connectivity index (χ1n) is 9.98. The van der Waals surface area contributed by atoms with Crippen molar-refractivity contribution < 1.29 is 4.79 Å². The lowest BCUT2D eigenvalue weighted by Crippen LogP contribution is -2.47. The third-order valence-electron chi connectivity index (χ3n) is 5.10. The number of nitrogens with one attached hydrogen (secondary N) is 1. The van der Waals surface area contributed by atoms with E-state index in [0.29, 0.717) is 12.1 Å². The zero-order valence-corrected chi connectivity index (χ0v) is 17.7. The molecule has 3 aromatic rings. The molecule has 1 aromatic heterocycles. The Labute approximate surface area is 175 Å². The summed E-state index contributed by atoms with van der Waals surface area (Å²) in [5.41, 5.74) is 1.62. The molecule has 1 atom stereocenters. The lowest BCUT2D eigenvalue weighted by Gasteiger charge is -2.15. The van der Waals surface area contributed by atoms with Crippen LogP contribution in [0.2, 0.25) is 0 Å². The maximum atomic E-state index is 13.2. The molecule has 0 radical (unpaired) electrons. The minimum absolute atomic E-state index is 0.0578. The zero-order valence-electron chi connectivity index (χ0n) is 17.7. The van der Waals surface area contributed by atoms with Gasteiger partial charge in [-0.25, -0.2) is 4.79 Å². The van der Waals surface area contributed by atoms with Crippen LogP contribution < -0.4 is 16.6 Å². The summed E-state index contributed by atoms with van der Waals surface area (Å²) in [7, 11) is 0. The number of hydrogen-bond donors (Lipinski definition) is 1. The fraction of sp³-hybridized carbons (Fsp3) is 0.304. The predicted octanol–water partition coefficient (Wildman–Crippen LogP) is 2.59. The molecule has 1 heterocycles. The highest BCUT2D eigenvalue weighted by atomic mass is 16.2. The first kappa shape index (κ1) is 21.2. The molecule has 0 aliphatic rings. The topological polar surface area (TPSA) is 86.0 Å². The van der Waals surface area contributed by atoms with Gasteiger partial charge in [0, 0.05) is 6.04 Å². The van der Waals surface area contributed by atoms with Gasteiger partial charge in [-0.1, -0.05) is 43.3 Å². The molecule has 7 heteroatoms. The summed E-state index contributed by atoms with van der Waals surface area (Å²) in [6.07, 6.45) is 0.709. The van der Waals surface area contributed by atoms with Gasteiger partial charge in [-0.05, 0) is 56.0 Å². The fourth-order valence-electron chi connectivity index (χ4n) is 3.08. The van der Waals surface area contributed by atoms with Gasteiger partial charge in [0.25, 0.3) is 11.5 Å². The molecule has 2 aromatic carbocycles. The molecule has 3 rings (SSSR count). The van der Waals surface area contributed by atoms with Gasteiger partial charge >= 0.3 is 5.69 Å². The largest absolute Gasteiger partial charge is 0.352 e. The molecule has 0 spiro atoms. The Bertz CT molecular complexity index is 1190. The molecule has 0 aliphatic carbocycles. The van der Waals surface area contributed by atoms with E-state index < -0.39 is 17.2 Å². The number of carbonyl (C=O) groups is 1. The van der Waals surface area contributed by atoms with Crippen molar-refractivity contribution in [1.29, 1.82) is 0 Å². The molecule has 30 heavy (non-hydrogen) atoms. The third kappa shape index (κ3) is 4.40. The van der Waals surface area contributed by atoms with Gasteiger partial charge in [-0.2, -0.15) is 9.78 Å². The van der Waals surface area contributed by atoms with E-state index in [1.807, 2.05) is 58.0 Å². The van der Waals surface area contributed by atoms with Crippen molar-refractivity contribution in [1.82, 2.24) is 19.7 Å². The van der Waals surface area contributed by atoms with Gasteiger partial charge in [0.2, 0.25) is 5.69 Å². The van der Waals surface area contributed by atoms with Crippen LogP contribution in [0, 0.1) is 13.8 Å². The molecule has 1 amide bonds. The van der Waals surface area contributed by atoms with Crippen LogP contribution in [-0.4, -0.2) is 26.3 Å². The zero-order chi connectivity index (χ0) is 21.8. The Morgan fingerprint density at radius 3 is 2.50 bits per heavy atom. The lowest BCUT2D eigenvalue weighted by atomic mass is 10.1. The van der Waals surface area contributed by atoms with Gasteiger partial charge in [0.1, 0.15) is 0 Å². The van der Waals surface area contributed by atoms with E-state index in [1.165, 1.54) is 0 Å². The highest BCUT2D eigenvalue weighted by Crippen LogP contribution is 2.09. The maximum Gasteiger partial charge on any atom is 0.352 e. The van der Waals surface area contributed by atoms with E-state index >= 15 is 0 Å². The third-order valence-corrected chi connectivity index (χ3v) is 5.10. The molecule has 7 nitrogen and oxygen atoms in total. The van der Waals surface area contributed by atoms with Gasteiger partial charge < -0.3 is 5.32 Å². The maximum absolute atomic E-state index is 13.2. The van der Waals surface area contributed by atoms with Crippen molar-refractivity contribution in [2.24, 2.45) is 0 Å². The van der Waals surface area contributed by atoms with Crippen LogP contribution in [-0.2, 0) is 6.54 Å². The second-order valence-corrected chi connectivity index (χ2v) is 7.48. The number of carbonyl (C=O) groups excluding carboxylic acids is 1. The molecule has 1 N–H and O–H groups in total. The minimum atomic E-state index is -0.701. The predicted molar refractivity (Wildman–Crippen MR) is 116 cm³/mol. The second kappa shape index (κ2) is 8.90. The van der Waals surface area contributed by atoms with Crippen molar-refractivity contribution in [3.05, 3.63) is 91.8 Å². The van der Waals surface area contributed by atoms with Crippen LogP contribution in [0.5, 0.6) is 0 Å². The normalized spacial score (nSPS) is 11.9. The molecule has 0 saturated carbocycles. The van der Waals surface area contributed by atoms with Crippen molar-refractivity contribution in [2.45, 2.75) is 46.7 Å². The first-order valence-corrected chi connectivity index (χ1v) is 9.98. The van der Waals surface area contributed by atoms with E-state index in [4.69, 9.17) is 0 Å². The van der Waals surface area contributed by atoms with Crippen LogP contribution in [0.15, 0.2) is 58.1 Å². The number of aromatic nitrogens is 3. The number of benzene rings is 2. The summed E-state index contributed by atoms with van der Waals surface area (Å²) < 4.78 is 2.20. The van der Waals surface area contributed by atoms with Crippen molar-refractivity contribution >= 4 is 5.91 Å². The SMILES string of the molecule is CCC(C)NC(=O)c1nn(-c2cccc(C)c2)c(=O)n(Cc2ccccc2C)c1=O. The first-order chi connectivity index (χ1) is 14.3. The van der Waals surface area contributed by atoms with Gasteiger partial charge in [0.15, 0.2) is 0 Å². The quantitative estimate of drug-likeness (QED) is 0.682. The number of amides is 1. The van der Waals surface area contributed by atoms with Crippen molar-refractivity contribution in [2.75, 3.05) is 0 Å². The number of aryl methyl sites for hydroxylation is 2. The van der Waals surface area contributed by atoms with Gasteiger partial charge in [-0.15, -0.1) is 0 Å². The number of rotatable bonds is 6. The average molecular weight is 406 g/mol. The molecule has 0 bridgehead atoms. The molecule has 0 aliphatic heterocycles. The Balaban J connectivity index is 2.22. The van der Waals surface area contributed by atoms with E-state index in [0.717, 1.165) is 25.9 Å². The van der Waals surface area contributed by atoms with Crippen LogP contribution in [0.1, 0.15) is 47.4 Å². The van der Waals surface area contributed by atoms with Gasteiger partial charge in [0.05, 0.1) is 12.2 Å². The smallest absolute Gasteiger partial charge is 0.348 e. The Hall–Kier alpha value is -3.48. The summed E-state index contributed by atoms with van der Waals surface area (Å²) in [4.78, 5) is 39.1. The molecule has 156 valence electrons. The highest BCUT2D eigenvalue weighted by molar-refractivity contribution is 5.91. The van der Waals surface area contributed by atoms with E-state index in [2.05, 4.69) is 10.4 Å². The molecular formula is C23H26N4O3. The van der Waals surface area contributed by atoms with Crippen molar-refractivity contribution in [3.8, 4) is 5.69 Å². The molecule has 0 saturated heterocycles. The molecule has 1 unspecified atom stereocenters. The summed E-state index contributed by atoms with van der Waals surface area (Å²) in [6.45, 7) is 7.65. The van der Waals surface area contributed by atoms with Crippen LogP contribution in [0.25, 0.3) is 5.69 Å². The van der Waals surface area contributed by atoms with Gasteiger partial charge in [-0.3, -0.25) is 14.2 Å². The van der Waals surface area contributed by atoms with E-state index in [9.17, 15) is 14.4 Å². The second-order valence-electron chi connectivity index (χ2n) is 7.48. The minimum Gasteiger partial charge on any atom is -0.348 e. The van der Waals surface area contributed by atoms with Crippen LogP contribution in [0.3, 0.4) is 0 Å². The molecular weight excluding hydrogens is 380 g/mol. The van der Waals surface area contributed by atoms with Crippen LogP contribution >= 0.6 is 0 Å². The number of nitrogens with zero attached hydrogens (tertiary/aromatic N) is 3. The van der Waals surface area contributed by atoms with E-state index in [-0.39, 0.29) is 18.3 Å². The summed E-state index contributed by atoms with van der Waals surface area (Å²) in [5, 5.41) is 6.92. The standard InChI is InChI=1S/C23H26N4O3/c1-5-17(4)24-21(28)20-22(29)26(14-18-11-7-6-10-16(18)3)23(30)27(25-20)19-12-8-9-15(2)13-19/h6-13,17H,5,14H2,1-4H3,(H,24,28). The van der Waals surface area contributed by atoms with Crippen LogP contribution in [0.4, 0.5) is 0 Å². The summed E-state index contributed by atoms with van der Waals surface area (Å²) in [6, 6.07) is 14.6. The number of hydrogen-bond acceptors (Lipinski definition) is 4. The summed E-state index contributed by atoms with van der Waals surface area (Å²) in [5.74, 6) is -0.589. The lowest BCUT2D eigenvalue weighted by molar-refractivity contribution is 0.0929. The Morgan fingerprint density at radius 2 is 1.83 bits per heavy atom. The Kier molecular flexibility index (Phi) is 6.30. The van der Waals surface area contributed by atoms with Crippen molar-refractivity contribution in [3.63, 3.8) is 0 Å². The Morgan fingerprint density at radius 1 is 1.10 bits per heavy atom.